The molecule has 0 spiro atoms. The van der Waals surface area contributed by atoms with Crippen molar-refractivity contribution in [2.75, 3.05) is 0 Å². The van der Waals surface area contributed by atoms with Crippen LogP contribution < -0.4 is 0 Å². The average Bonchev–Trinajstić information content (AvgIpc) is 3.31. The van der Waals surface area contributed by atoms with Crippen molar-refractivity contribution < 1.29 is 0 Å². The molecule has 2 aliphatic carbocycles. The van der Waals surface area contributed by atoms with E-state index in [-0.39, 0.29) is 5.41 Å². The van der Waals surface area contributed by atoms with Crippen LogP contribution in [0.1, 0.15) is 47.6 Å². The molecule has 1 unspecified atom stereocenters. The van der Waals surface area contributed by atoms with E-state index >= 15 is 0 Å². The second-order valence-electron chi connectivity index (χ2n) is 9.43. The zero-order valence-electron chi connectivity index (χ0n) is 17.7. The minimum absolute atomic E-state index is 0.0526. The molecule has 0 saturated carbocycles. The molecular formula is C30H26. The SMILES string of the molecule is CC1(C)c2ccccc2-c2ccc(-c3ccc4c(c3)CC(c3ccccc3)C4)cc21. The van der Waals surface area contributed by atoms with Gasteiger partial charge in [-0.3, -0.25) is 0 Å². The number of benzene rings is 4. The standard InChI is InChI=1S/C30H26/c1-30(2)28-11-7-6-10-26(28)27-15-14-23(19-29(27)30)21-12-13-22-17-24(18-25(22)16-21)20-8-4-3-5-9-20/h3-16,19,24H,17-18H2,1-2H3. The van der Waals surface area contributed by atoms with E-state index in [1.165, 1.54) is 50.1 Å². The highest BCUT2D eigenvalue weighted by Gasteiger charge is 2.35. The van der Waals surface area contributed by atoms with E-state index in [0.29, 0.717) is 5.92 Å². The lowest BCUT2D eigenvalue weighted by molar-refractivity contribution is 0.660. The minimum Gasteiger partial charge on any atom is -0.0622 e. The molecule has 1 atom stereocenters. The third-order valence-electron chi connectivity index (χ3n) is 7.33. The molecular weight excluding hydrogens is 360 g/mol. The zero-order chi connectivity index (χ0) is 20.3. The lowest BCUT2D eigenvalue weighted by atomic mass is 9.81. The van der Waals surface area contributed by atoms with E-state index in [4.69, 9.17) is 0 Å². The summed E-state index contributed by atoms with van der Waals surface area (Å²) in [6.07, 6.45) is 2.31. The first-order valence-corrected chi connectivity index (χ1v) is 11.0. The monoisotopic (exact) mass is 386 g/mol. The maximum absolute atomic E-state index is 2.44. The number of hydrogen-bond donors (Lipinski definition) is 0. The van der Waals surface area contributed by atoms with Gasteiger partial charge in [-0.25, -0.2) is 0 Å². The van der Waals surface area contributed by atoms with Crippen LogP contribution in [0, 0.1) is 0 Å². The summed E-state index contributed by atoms with van der Waals surface area (Å²) in [4.78, 5) is 0. The molecule has 0 fully saturated rings. The first-order chi connectivity index (χ1) is 14.6. The van der Waals surface area contributed by atoms with Gasteiger partial charge in [-0.2, -0.15) is 0 Å². The third kappa shape index (κ3) is 2.60. The van der Waals surface area contributed by atoms with Gasteiger partial charge in [0.15, 0.2) is 0 Å². The minimum atomic E-state index is 0.0526. The van der Waals surface area contributed by atoms with E-state index in [9.17, 15) is 0 Å². The molecule has 0 aliphatic heterocycles. The van der Waals surface area contributed by atoms with E-state index < -0.39 is 0 Å². The molecule has 0 heteroatoms. The average molecular weight is 387 g/mol. The lowest BCUT2D eigenvalue weighted by Crippen LogP contribution is -2.14. The van der Waals surface area contributed by atoms with Crippen molar-refractivity contribution in [1.29, 1.82) is 0 Å². The lowest BCUT2D eigenvalue weighted by Gasteiger charge is -2.22. The predicted octanol–water partition coefficient (Wildman–Crippen LogP) is 7.54. The fourth-order valence-electron chi connectivity index (χ4n) is 5.64. The topological polar surface area (TPSA) is 0 Å². The summed E-state index contributed by atoms with van der Waals surface area (Å²) in [5.41, 5.74) is 12.9. The predicted molar refractivity (Wildman–Crippen MR) is 126 cm³/mol. The smallest absolute Gasteiger partial charge is 0.0159 e. The molecule has 6 rings (SSSR count). The van der Waals surface area contributed by atoms with Crippen molar-refractivity contribution in [1.82, 2.24) is 0 Å². The van der Waals surface area contributed by atoms with Crippen LogP contribution in [-0.2, 0) is 18.3 Å². The van der Waals surface area contributed by atoms with Gasteiger partial charge in [-0.05, 0) is 74.9 Å². The molecule has 2 aliphatic rings. The summed E-state index contributed by atoms with van der Waals surface area (Å²) < 4.78 is 0. The fourth-order valence-corrected chi connectivity index (χ4v) is 5.64. The summed E-state index contributed by atoms with van der Waals surface area (Å²) in [5, 5.41) is 0. The highest BCUT2D eigenvalue weighted by molar-refractivity contribution is 5.83. The van der Waals surface area contributed by atoms with Crippen LogP contribution in [0.15, 0.2) is 91.0 Å². The maximum Gasteiger partial charge on any atom is 0.0159 e. The molecule has 0 heterocycles. The largest absolute Gasteiger partial charge is 0.0622 e. The van der Waals surface area contributed by atoms with Gasteiger partial charge in [0.05, 0.1) is 0 Å². The van der Waals surface area contributed by atoms with Crippen LogP contribution in [0.2, 0.25) is 0 Å². The van der Waals surface area contributed by atoms with Crippen LogP contribution in [-0.4, -0.2) is 0 Å². The second-order valence-corrected chi connectivity index (χ2v) is 9.43. The van der Waals surface area contributed by atoms with Gasteiger partial charge in [-0.1, -0.05) is 98.8 Å². The summed E-state index contributed by atoms with van der Waals surface area (Å²) in [6, 6.07) is 34.0. The number of fused-ring (bicyclic) bond motifs is 4. The molecule has 0 N–H and O–H groups in total. The van der Waals surface area contributed by atoms with E-state index in [1.54, 1.807) is 0 Å². The quantitative estimate of drug-likeness (QED) is 0.334. The van der Waals surface area contributed by atoms with Crippen LogP contribution in [0.5, 0.6) is 0 Å². The Morgan fingerprint density at radius 1 is 0.600 bits per heavy atom. The van der Waals surface area contributed by atoms with Gasteiger partial charge in [-0.15, -0.1) is 0 Å². The van der Waals surface area contributed by atoms with E-state index in [2.05, 4.69) is 105 Å². The number of hydrogen-bond acceptors (Lipinski definition) is 0. The fraction of sp³-hybridized carbons (Fsp3) is 0.200. The number of rotatable bonds is 2. The Kier molecular flexibility index (Phi) is 3.80. The van der Waals surface area contributed by atoms with Gasteiger partial charge >= 0.3 is 0 Å². The Bertz CT molecular complexity index is 1260. The molecule has 146 valence electrons. The molecule has 30 heavy (non-hydrogen) atoms. The van der Waals surface area contributed by atoms with Crippen molar-refractivity contribution >= 4 is 0 Å². The maximum atomic E-state index is 2.44. The first-order valence-electron chi connectivity index (χ1n) is 11.0. The third-order valence-corrected chi connectivity index (χ3v) is 7.33. The van der Waals surface area contributed by atoms with Crippen molar-refractivity contribution in [3.8, 4) is 22.3 Å². The van der Waals surface area contributed by atoms with Gasteiger partial charge < -0.3 is 0 Å². The summed E-state index contributed by atoms with van der Waals surface area (Å²) in [5.74, 6) is 0.616. The van der Waals surface area contributed by atoms with Gasteiger partial charge in [0, 0.05) is 5.41 Å². The Morgan fingerprint density at radius 3 is 2.13 bits per heavy atom. The summed E-state index contributed by atoms with van der Waals surface area (Å²) in [7, 11) is 0. The van der Waals surface area contributed by atoms with Gasteiger partial charge in [0.2, 0.25) is 0 Å². The second kappa shape index (κ2) is 6.44. The van der Waals surface area contributed by atoms with Crippen molar-refractivity contribution in [2.24, 2.45) is 0 Å². The molecule has 0 aromatic heterocycles. The Labute approximate surface area is 179 Å². The Hall–Kier alpha value is -3.12. The zero-order valence-corrected chi connectivity index (χ0v) is 17.7. The van der Waals surface area contributed by atoms with Crippen LogP contribution in [0.25, 0.3) is 22.3 Å². The molecule has 0 nitrogen and oxygen atoms in total. The first kappa shape index (κ1) is 17.7. The molecule has 4 aromatic rings. The molecule has 0 saturated heterocycles. The van der Waals surface area contributed by atoms with Crippen molar-refractivity contribution in [3.63, 3.8) is 0 Å². The summed E-state index contributed by atoms with van der Waals surface area (Å²) in [6.45, 7) is 4.71. The highest BCUT2D eigenvalue weighted by Crippen LogP contribution is 2.49. The van der Waals surface area contributed by atoms with Crippen LogP contribution in [0.3, 0.4) is 0 Å². The molecule has 0 radical (unpaired) electrons. The van der Waals surface area contributed by atoms with Crippen LogP contribution in [0.4, 0.5) is 0 Å². The van der Waals surface area contributed by atoms with Gasteiger partial charge in [0.1, 0.15) is 0 Å². The van der Waals surface area contributed by atoms with E-state index in [1.807, 2.05) is 0 Å². The normalized spacial score (nSPS) is 18.0. The molecule has 4 aromatic carbocycles. The van der Waals surface area contributed by atoms with Crippen LogP contribution >= 0.6 is 0 Å². The molecule has 0 bridgehead atoms. The van der Waals surface area contributed by atoms with Crippen molar-refractivity contribution in [3.05, 3.63) is 119 Å². The van der Waals surface area contributed by atoms with Crippen molar-refractivity contribution in [2.45, 2.75) is 38.0 Å². The Balaban J connectivity index is 1.37. The molecule has 0 amide bonds. The summed E-state index contributed by atoms with van der Waals surface area (Å²) >= 11 is 0. The van der Waals surface area contributed by atoms with Gasteiger partial charge in [0.25, 0.3) is 0 Å². The Morgan fingerprint density at radius 2 is 1.27 bits per heavy atom. The highest BCUT2D eigenvalue weighted by atomic mass is 14.4. The van der Waals surface area contributed by atoms with E-state index in [0.717, 1.165) is 12.8 Å².